The van der Waals surface area contributed by atoms with Crippen molar-refractivity contribution >= 4 is 21.6 Å². The van der Waals surface area contributed by atoms with E-state index in [1.165, 1.54) is 41.7 Å². The van der Waals surface area contributed by atoms with Gasteiger partial charge in [-0.25, -0.2) is 0 Å². The zero-order chi connectivity index (χ0) is 14.7. The second-order valence-electron chi connectivity index (χ2n) is 6.28. The van der Waals surface area contributed by atoms with Gasteiger partial charge in [-0.05, 0) is 56.3 Å². The summed E-state index contributed by atoms with van der Waals surface area (Å²) in [5, 5.41) is 3.37. The Morgan fingerprint density at radius 2 is 1.85 bits per heavy atom. The highest BCUT2D eigenvalue weighted by molar-refractivity contribution is 9.10. The van der Waals surface area contributed by atoms with Crippen LogP contribution in [0.4, 0.5) is 5.69 Å². The van der Waals surface area contributed by atoms with E-state index in [4.69, 9.17) is 0 Å². The Labute approximate surface area is 132 Å². The summed E-state index contributed by atoms with van der Waals surface area (Å²) < 4.78 is 1.17. The predicted molar refractivity (Wildman–Crippen MR) is 91.4 cm³/mol. The Kier molecular flexibility index (Phi) is 5.50. The van der Waals surface area contributed by atoms with Crippen LogP contribution in [0.25, 0.3) is 0 Å². The van der Waals surface area contributed by atoms with Crippen LogP contribution in [0.5, 0.6) is 0 Å². The molecule has 1 aliphatic heterocycles. The first-order valence-electron chi connectivity index (χ1n) is 7.74. The molecule has 2 rings (SSSR count). The Hall–Kier alpha value is -0.540. The van der Waals surface area contributed by atoms with Gasteiger partial charge in [-0.2, -0.15) is 0 Å². The third-order valence-electron chi connectivity index (χ3n) is 4.72. The van der Waals surface area contributed by atoms with Gasteiger partial charge in [0.25, 0.3) is 0 Å². The first-order chi connectivity index (χ1) is 9.52. The average Bonchev–Trinajstić information content (AvgIpc) is 2.46. The van der Waals surface area contributed by atoms with Crippen molar-refractivity contribution in [3.05, 3.63) is 28.2 Å². The van der Waals surface area contributed by atoms with Crippen LogP contribution < -0.4 is 10.2 Å². The highest BCUT2D eigenvalue weighted by Crippen LogP contribution is 2.33. The van der Waals surface area contributed by atoms with Gasteiger partial charge >= 0.3 is 0 Å². The molecule has 1 atom stereocenters. The smallest absolute Gasteiger partial charge is 0.0425 e. The molecule has 0 aliphatic carbocycles. The molecule has 1 unspecified atom stereocenters. The van der Waals surface area contributed by atoms with E-state index in [1.54, 1.807) is 0 Å². The van der Waals surface area contributed by atoms with Gasteiger partial charge in [0.2, 0.25) is 0 Å². The lowest BCUT2D eigenvalue weighted by Gasteiger charge is -2.37. The Morgan fingerprint density at radius 1 is 1.20 bits per heavy atom. The quantitative estimate of drug-likeness (QED) is 0.862. The maximum absolute atomic E-state index is 3.62. The fourth-order valence-corrected chi connectivity index (χ4v) is 3.47. The third kappa shape index (κ3) is 3.56. The number of piperidine rings is 1. The summed E-state index contributed by atoms with van der Waals surface area (Å²) >= 11 is 3.62. The van der Waals surface area contributed by atoms with Crippen LogP contribution in [0.3, 0.4) is 0 Å². The van der Waals surface area contributed by atoms with Crippen molar-refractivity contribution in [3.63, 3.8) is 0 Å². The fourth-order valence-electron chi connectivity index (χ4n) is 3.12. The normalized spacial score (nSPS) is 18.6. The molecule has 0 radical (unpaired) electrons. The van der Waals surface area contributed by atoms with E-state index in [9.17, 15) is 0 Å². The van der Waals surface area contributed by atoms with Gasteiger partial charge < -0.3 is 10.2 Å². The third-order valence-corrected chi connectivity index (χ3v) is 5.21. The Bertz CT molecular complexity index is 437. The zero-order valence-corrected chi connectivity index (χ0v) is 14.7. The van der Waals surface area contributed by atoms with Crippen LogP contribution in [0, 0.1) is 11.8 Å². The monoisotopic (exact) mass is 338 g/mol. The van der Waals surface area contributed by atoms with Crippen LogP contribution in [0.15, 0.2) is 22.7 Å². The molecule has 0 bridgehead atoms. The van der Waals surface area contributed by atoms with Gasteiger partial charge in [0.15, 0.2) is 0 Å². The van der Waals surface area contributed by atoms with Crippen molar-refractivity contribution in [1.82, 2.24) is 5.32 Å². The zero-order valence-electron chi connectivity index (χ0n) is 13.1. The topological polar surface area (TPSA) is 15.3 Å². The summed E-state index contributed by atoms with van der Waals surface area (Å²) in [6, 6.07) is 7.06. The first kappa shape index (κ1) is 15.8. The minimum atomic E-state index is 0.390. The number of nitrogens with one attached hydrogen (secondary N) is 1. The second kappa shape index (κ2) is 6.95. The summed E-state index contributed by atoms with van der Waals surface area (Å²) in [5.41, 5.74) is 2.79. The van der Waals surface area contributed by atoms with Gasteiger partial charge in [-0.3, -0.25) is 0 Å². The average molecular weight is 339 g/mol. The molecule has 3 heteroatoms. The molecule has 1 aromatic carbocycles. The van der Waals surface area contributed by atoms with Gasteiger partial charge in [0, 0.05) is 29.3 Å². The van der Waals surface area contributed by atoms with Gasteiger partial charge in [-0.15, -0.1) is 0 Å². The maximum atomic E-state index is 3.62. The maximum Gasteiger partial charge on any atom is 0.0425 e. The summed E-state index contributed by atoms with van der Waals surface area (Å²) in [6.45, 7) is 9.31. The van der Waals surface area contributed by atoms with E-state index >= 15 is 0 Å². The number of benzene rings is 1. The van der Waals surface area contributed by atoms with Gasteiger partial charge in [-0.1, -0.05) is 35.8 Å². The first-order valence-corrected chi connectivity index (χ1v) is 8.54. The molecule has 1 aromatic rings. The summed E-state index contributed by atoms with van der Waals surface area (Å²) in [7, 11) is 2.03. The van der Waals surface area contributed by atoms with E-state index in [0.29, 0.717) is 6.04 Å². The second-order valence-corrected chi connectivity index (χ2v) is 7.20. The fraction of sp³-hybridized carbons (Fsp3) is 0.647. The van der Waals surface area contributed by atoms with E-state index in [1.807, 2.05) is 7.05 Å². The molecule has 1 saturated heterocycles. The van der Waals surface area contributed by atoms with E-state index < -0.39 is 0 Å². The molecule has 2 nitrogen and oxygen atoms in total. The summed E-state index contributed by atoms with van der Waals surface area (Å²) in [4.78, 5) is 2.56. The molecule has 1 fully saturated rings. The van der Waals surface area contributed by atoms with Crippen molar-refractivity contribution in [2.24, 2.45) is 11.8 Å². The lowest BCUT2D eigenvalue weighted by atomic mass is 9.86. The highest BCUT2D eigenvalue weighted by atomic mass is 79.9. The number of nitrogens with zero attached hydrogens (tertiary/aromatic N) is 1. The molecular weight excluding hydrogens is 312 g/mol. The van der Waals surface area contributed by atoms with E-state index in [-0.39, 0.29) is 0 Å². The lowest BCUT2D eigenvalue weighted by Crippen LogP contribution is -2.36. The van der Waals surface area contributed by atoms with Crippen molar-refractivity contribution in [1.29, 1.82) is 0 Å². The SMILES string of the molecule is CNC(C)c1ccc(Br)cc1N1CCC(C(C)C)CC1. The van der Waals surface area contributed by atoms with Crippen LogP contribution >= 0.6 is 15.9 Å². The van der Waals surface area contributed by atoms with Crippen LogP contribution in [-0.4, -0.2) is 20.1 Å². The lowest BCUT2D eigenvalue weighted by molar-refractivity contribution is 0.311. The van der Waals surface area contributed by atoms with Crippen molar-refractivity contribution in [2.75, 3.05) is 25.0 Å². The molecule has 1 heterocycles. The number of halogens is 1. The number of hydrogen-bond donors (Lipinski definition) is 1. The molecule has 0 spiro atoms. The summed E-state index contributed by atoms with van der Waals surface area (Å²) in [5.74, 6) is 1.71. The highest BCUT2D eigenvalue weighted by Gasteiger charge is 2.23. The van der Waals surface area contributed by atoms with Crippen LogP contribution in [0.2, 0.25) is 0 Å². The largest absolute Gasteiger partial charge is 0.371 e. The van der Waals surface area contributed by atoms with Crippen molar-refractivity contribution in [3.8, 4) is 0 Å². The standard InChI is InChI=1S/C17H27BrN2/c1-12(2)14-7-9-20(10-8-14)17-11-15(18)5-6-16(17)13(3)19-4/h5-6,11-14,19H,7-10H2,1-4H3. The predicted octanol–water partition coefficient (Wildman–Crippen LogP) is 4.60. The summed E-state index contributed by atoms with van der Waals surface area (Å²) in [6.07, 6.45) is 2.63. The number of rotatable bonds is 4. The number of hydrogen-bond acceptors (Lipinski definition) is 2. The minimum Gasteiger partial charge on any atom is -0.371 e. The minimum absolute atomic E-state index is 0.390. The molecular formula is C17H27BrN2. The van der Waals surface area contributed by atoms with Crippen LogP contribution in [0.1, 0.15) is 45.2 Å². The molecule has 0 saturated carbocycles. The van der Waals surface area contributed by atoms with Gasteiger partial charge in [0.1, 0.15) is 0 Å². The Morgan fingerprint density at radius 3 is 2.40 bits per heavy atom. The van der Waals surface area contributed by atoms with Gasteiger partial charge in [0.05, 0.1) is 0 Å². The number of anilines is 1. The van der Waals surface area contributed by atoms with E-state index in [0.717, 1.165) is 11.8 Å². The molecule has 0 aromatic heterocycles. The molecule has 0 amide bonds. The molecule has 1 aliphatic rings. The van der Waals surface area contributed by atoms with Crippen LogP contribution in [-0.2, 0) is 0 Å². The van der Waals surface area contributed by atoms with Crippen molar-refractivity contribution < 1.29 is 0 Å². The van der Waals surface area contributed by atoms with Crippen molar-refractivity contribution in [2.45, 2.75) is 39.7 Å². The Balaban J connectivity index is 2.18. The van der Waals surface area contributed by atoms with E-state index in [2.05, 4.69) is 65.1 Å². The molecule has 1 N–H and O–H groups in total. The molecule has 112 valence electrons. The molecule has 20 heavy (non-hydrogen) atoms.